The lowest BCUT2D eigenvalue weighted by molar-refractivity contribution is -0.134. The molecular formula is C10H10ClNO4. The molecule has 0 fully saturated rings. The van der Waals surface area contributed by atoms with E-state index in [-0.39, 0.29) is 24.2 Å². The molecule has 1 aromatic rings. The zero-order valence-corrected chi connectivity index (χ0v) is 9.21. The molecule has 0 bridgehead atoms. The van der Waals surface area contributed by atoms with Crippen molar-refractivity contribution in [2.45, 2.75) is 6.92 Å². The Bertz CT molecular complexity index is 394. The summed E-state index contributed by atoms with van der Waals surface area (Å²) in [7, 11) is 0. The fraction of sp³-hybridized carbons (Fsp3) is 0.100. The SMILES string of the molecule is CC(=O)O.Cl.O=C1NC(=O)c2ccccc21. The van der Waals surface area contributed by atoms with Crippen molar-refractivity contribution in [3.8, 4) is 0 Å². The number of carboxylic acids is 1. The number of benzene rings is 1. The van der Waals surface area contributed by atoms with Crippen LogP contribution in [0, 0.1) is 0 Å². The van der Waals surface area contributed by atoms with E-state index in [0.717, 1.165) is 6.92 Å². The Labute approximate surface area is 97.9 Å². The number of hydrogen-bond acceptors (Lipinski definition) is 3. The van der Waals surface area contributed by atoms with Crippen LogP contribution in [-0.2, 0) is 4.79 Å². The summed E-state index contributed by atoms with van der Waals surface area (Å²) in [5, 5.41) is 9.62. The number of nitrogens with one attached hydrogen (secondary N) is 1. The third kappa shape index (κ3) is 3.36. The Morgan fingerprint density at radius 2 is 1.44 bits per heavy atom. The Morgan fingerprint density at radius 3 is 1.75 bits per heavy atom. The average Bonchev–Trinajstić information content (AvgIpc) is 2.43. The first-order chi connectivity index (χ1) is 7.02. The van der Waals surface area contributed by atoms with Gasteiger partial charge in [-0.2, -0.15) is 0 Å². The molecular weight excluding hydrogens is 234 g/mol. The van der Waals surface area contributed by atoms with Crippen molar-refractivity contribution in [2.24, 2.45) is 0 Å². The van der Waals surface area contributed by atoms with Gasteiger partial charge in [0, 0.05) is 6.92 Å². The second-order valence-electron chi connectivity index (χ2n) is 2.85. The number of rotatable bonds is 0. The van der Waals surface area contributed by atoms with Crippen LogP contribution in [0.15, 0.2) is 24.3 Å². The predicted octanol–water partition coefficient (Wildman–Crippen LogP) is 1.08. The van der Waals surface area contributed by atoms with Crippen molar-refractivity contribution in [1.82, 2.24) is 5.32 Å². The first-order valence-corrected chi connectivity index (χ1v) is 4.16. The van der Waals surface area contributed by atoms with Crippen molar-refractivity contribution in [3.05, 3.63) is 35.4 Å². The summed E-state index contributed by atoms with van der Waals surface area (Å²) in [6, 6.07) is 6.74. The highest BCUT2D eigenvalue weighted by Gasteiger charge is 2.25. The van der Waals surface area contributed by atoms with Crippen LogP contribution in [0.4, 0.5) is 0 Å². The molecule has 1 heterocycles. The maximum Gasteiger partial charge on any atom is 0.300 e. The molecule has 1 aromatic carbocycles. The van der Waals surface area contributed by atoms with Gasteiger partial charge in [0.25, 0.3) is 17.8 Å². The molecule has 2 amide bonds. The fourth-order valence-electron chi connectivity index (χ4n) is 1.12. The molecule has 0 saturated carbocycles. The van der Waals surface area contributed by atoms with Gasteiger partial charge < -0.3 is 5.11 Å². The minimum absolute atomic E-state index is 0. The number of amides is 2. The molecule has 0 radical (unpaired) electrons. The maximum atomic E-state index is 10.9. The van der Waals surface area contributed by atoms with E-state index in [1.165, 1.54) is 0 Å². The minimum atomic E-state index is -0.833. The highest BCUT2D eigenvalue weighted by atomic mass is 35.5. The van der Waals surface area contributed by atoms with Gasteiger partial charge in [0.2, 0.25) is 0 Å². The van der Waals surface area contributed by atoms with Crippen LogP contribution in [0.25, 0.3) is 0 Å². The van der Waals surface area contributed by atoms with E-state index in [0.29, 0.717) is 11.1 Å². The average molecular weight is 244 g/mol. The van der Waals surface area contributed by atoms with E-state index in [1.54, 1.807) is 24.3 Å². The van der Waals surface area contributed by atoms with E-state index in [4.69, 9.17) is 9.90 Å². The molecule has 0 spiro atoms. The lowest BCUT2D eigenvalue weighted by Gasteiger charge is -1.88. The lowest BCUT2D eigenvalue weighted by atomic mass is 10.1. The maximum absolute atomic E-state index is 10.9. The van der Waals surface area contributed by atoms with Crippen LogP contribution >= 0.6 is 12.4 Å². The number of carboxylic acid groups (broad SMARTS) is 1. The van der Waals surface area contributed by atoms with Gasteiger partial charge in [0.15, 0.2) is 0 Å². The van der Waals surface area contributed by atoms with E-state index >= 15 is 0 Å². The fourth-order valence-corrected chi connectivity index (χ4v) is 1.12. The topological polar surface area (TPSA) is 83.5 Å². The van der Waals surface area contributed by atoms with E-state index in [2.05, 4.69) is 5.32 Å². The van der Waals surface area contributed by atoms with Gasteiger partial charge in [-0.05, 0) is 12.1 Å². The standard InChI is InChI=1S/C8H5NO2.C2H4O2.ClH/c10-7-5-3-1-2-4-6(5)8(11)9-7;1-2(3)4;/h1-4H,(H,9,10,11);1H3,(H,3,4);1H. The summed E-state index contributed by atoms with van der Waals surface area (Å²) in [5.41, 5.74) is 0.940. The number of carbonyl (C=O) groups excluding carboxylic acids is 2. The predicted molar refractivity (Wildman–Crippen MR) is 58.8 cm³/mol. The van der Waals surface area contributed by atoms with Crippen molar-refractivity contribution < 1.29 is 19.5 Å². The molecule has 86 valence electrons. The van der Waals surface area contributed by atoms with Gasteiger partial charge >= 0.3 is 0 Å². The Morgan fingerprint density at radius 1 is 1.12 bits per heavy atom. The smallest absolute Gasteiger partial charge is 0.300 e. The van der Waals surface area contributed by atoms with Crippen molar-refractivity contribution in [2.75, 3.05) is 0 Å². The van der Waals surface area contributed by atoms with Crippen molar-refractivity contribution in [3.63, 3.8) is 0 Å². The molecule has 16 heavy (non-hydrogen) atoms. The number of hydrogen-bond donors (Lipinski definition) is 2. The second kappa shape index (κ2) is 5.87. The van der Waals surface area contributed by atoms with Gasteiger partial charge in [0.1, 0.15) is 0 Å². The molecule has 0 unspecified atom stereocenters. The van der Waals surface area contributed by atoms with E-state index < -0.39 is 5.97 Å². The number of aliphatic carboxylic acids is 1. The molecule has 5 nitrogen and oxygen atoms in total. The summed E-state index contributed by atoms with van der Waals surface area (Å²) < 4.78 is 0. The molecule has 2 rings (SSSR count). The first-order valence-electron chi connectivity index (χ1n) is 4.16. The third-order valence-electron chi connectivity index (χ3n) is 1.64. The molecule has 0 aromatic heterocycles. The highest BCUT2D eigenvalue weighted by Crippen LogP contribution is 2.13. The summed E-state index contributed by atoms with van der Waals surface area (Å²) >= 11 is 0. The third-order valence-corrected chi connectivity index (χ3v) is 1.64. The summed E-state index contributed by atoms with van der Waals surface area (Å²) in [6.07, 6.45) is 0. The van der Waals surface area contributed by atoms with Crippen LogP contribution in [0.2, 0.25) is 0 Å². The van der Waals surface area contributed by atoms with Gasteiger partial charge in [0.05, 0.1) is 11.1 Å². The van der Waals surface area contributed by atoms with Crippen LogP contribution in [0.1, 0.15) is 27.6 Å². The first kappa shape index (κ1) is 14.1. The van der Waals surface area contributed by atoms with Crippen LogP contribution < -0.4 is 5.32 Å². The van der Waals surface area contributed by atoms with E-state index in [9.17, 15) is 9.59 Å². The van der Waals surface area contributed by atoms with Gasteiger partial charge in [-0.15, -0.1) is 12.4 Å². The summed E-state index contributed by atoms with van der Waals surface area (Å²) in [4.78, 5) is 30.9. The molecule has 6 heteroatoms. The van der Waals surface area contributed by atoms with E-state index in [1.807, 2.05) is 0 Å². The number of imide groups is 1. The highest BCUT2D eigenvalue weighted by molar-refractivity contribution is 6.21. The second-order valence-corrected chi connectivity index (χ2v) is 2.85. The van der Waals surface area contributed by atoms with Crippen molar-refractivity contribution >= 4 is 30.2 Å². The van der Waals surface area contributed by atoms with Gasteiger partial charge in [-0.1, -0.05) is 12.1 Å². The minimum Gasteiger partial charge on any atom is -0.481 e. The van der Waals surface area contributed by atoms with Gasteiger partial charge in [-0.3, -0.25) is 19.7 Å². The quantitative estimate of drug-likeness (QED) is 0.668. The molecule has 2 N–H and O–H groups in total. The molecule has 1 aliphatic rings. The molecule has 1 aliphatic heterocycles. The normalized spacial score (nSPS) is 11.6. The Kier molecular flexibility index (Phi) is 5.18. The lowest BCUT2D eigenvalue weighted by Crippen LogP contribution is -2.19. The zero-order valence-electron chi connectivity index (χ0n) is 8.39. The number of fused-ring (bicyclic) bond motifs is 1. The van der Waals surface area contributed by atoms with Crippen molar-refractivity contribution in [1.29, 1.82) is 0 Å². The largest absolute Gasteiger partial charge is 0.481 e. The molecule has 0 atom stereocenters. The Balaban J connectivity index is 0.000000397. The molecule has 0 saturated heterocycles. The summed E-state index contributed by atoms with van der Waals surface area (Å²) in [5.74, 6) is -1.43. The number of carbonyl (C=O) groups is 3. The van der Waals surface area contributed by atoms with Gasteiger partial charge in [-0.25, -0.2) is 0 Å². The Hall–Kier alpha value is -1.88. The van der Waals surface area contributed by atoms with Crippen LogP contribution in [-0.4, -0.2) is 22.9 Å². The monoisotopic (exact) mass is 243 g/mol. The molecule has 0 aliphatic carbocycles. The number of halogens is 1. The summed E-state index contributed by atoms with van der Waals surface area (Å²) in [6.45, 7) is 1.08. The van der Waals surface area contributed by atoms with Crippen LogP contribution in [0.3, 0.4) is 0 Å². The van der Waals surface area contributed by atoms with Crippen LogP contribution in [0.5, 0.6) is 0 Å². The zero-order chi connectivity index (χ0) is 11.4.